The maximum atomic E-state index is 5.28. The summed E-state index contributed by atoms with van der Waals surface area (Å²) in [6.07, 6.45) is 10.1. The molecule has 0 saturated carbocycles. The van der Waals surface area contributed by atoms with Gasteiger partial charge in [-0.05, 0) is 33.1 Å². The second-order valence-corrected chi connectivity index (χ2v) is 3.85. The van der Waals surface area contributed by atoms with Crippen LogP contribution in [-0.4, -0.2) is 13.2 Å². The van der Waals surface area contributed by atoms with E-state index in [4.69, 9.17) is 4.74 Å². The molecule has 0 unspecified atom stereocenters. The fraction of sp³-hybridized carbons (Fsp3) is 0.846. The first-order valence-electron chi connectivity index (χ1n) is 6.04. The zero-order valence-electron chi connectivity index (χ0n) is 10.1. The molecular weight excluding hydrogens is 172 g/mol. The molecule has 0 heterocycles. The number of allylic oxidation sites excluding steroid dienone is 1. The Balaban J connectivity index is 3.28. The Kier molecular flexibility index (Phi) is 10.5. The van der Waals surface area contributed by atoms with Crippen LogP contribution in [0.25, 0.3) is 0 Å². The Labute approximate surface area is 89.5 Å². The van der Waals surface area contributed by atoms with Crippen LogP contribution >= 0.6 is 0 Å². The molecule has 0 aliphatic rings. The average molecular weight is 198 g/mol. The van der Waals surface area contributed by atoms with Crippen molar-refractivity contribution >= 4 is 0 Å². The largest absolute Gasteiger partial charge is 0.381 e. The van der Waals surface area contributed by atoms with Crippen LogP contribution in [0.1, 0.15) is 59.3 Å². The first kappa shape index (κ1) is 13.7. The van der Waals surface area contributed by atoms with Crippen LogP contribution in [0.4, 0.5) is 0 Å². The minimum absolute atomic E-state index is 0.837. The SMILES string of the molecule is CCCCCC/C(C)=C/CCOCC. The van der Waals surface area contributed by atoms with Crippen molar-refractivity contribution in [2.45, 2.75) is 59.3 Å². The summed E-state index contributed by atoms with van der Waals surface area (Å²) >= 11 is 0. The van der Waals surface area contributed by atoms with E-state index in [9.17, 15) is 0 Å². The lowest BCUT2D eigenvalue weighted by atomic mass is 10.1. The highest BCUT2D eigenvalue weighted by Crippen LogP contribution is 2.09. The summed E-state index contributed by atoms with van der Waals surface area (Å²) in [5.41, 5.74) is 1.53. The van der Waals surface area contributed by atoms with Crippen molar-refractivity contribution in [1.82, 2.24) is 0 Å². The molecule has 1 nitrogen and oxygen atoms in total. The summed E-state index contributed by atoms with van der Waals surface area (Å²) in [6.45, 7) is 8.25. The molecule has 0 aliphatic heterocycles. The van der Waals surface area contributed by atoms with Gasteiger partial charge in [-0.1, -0.05) is 37.8 Å². The fourth-order valence-corrected chi connectivity index (χ4v) is 1.47. The van der Waals surface area contributed by atoms with Crippen molar-refractivity contribution in [2.24, 2.45) is 0 Å². The van der Waals surface area contributed by atoms with Gasteiger partial charge < -0.3 is 4.74 Å². The Hall–Kier alpha value is -0.300. The van der Waals surface area contributed by atoms with E-state index in [0.717, 1.165) is 19.6 Å². The number of hydrogen-bond acceptors (Lipinski definition) is 1. The van der Waals surface area contributed by atoms with Crippen LogP contribution in [0.2, 0.25) is 0 Å². The lowest BCUT2D eigenvalue weighted by Crippen LogP contribution is -1.91. The van der Waals surface area contributed by atoms with E-state index < -0.39 is 0 Å². The van der Waals surface area contributed by atoms with E-state index in [2.05, 4.69) is 19.9 Å². The van der Waals surface area contributed by atoms with Gasteiger partial charge in [-0.2, -0.15) is 0 Å². The third-order valence-electron chi connectivity index (χ3n) is 2.38. The third kappa shape index (κ3) is 9.79. The number of rotatable bonds is 9. The zero-order valence-corrected chi connectivity index (χ0v) is 10.1. The van der Waals surface area contributed by atoms with Gasteiger partial charge in [0.15, 0.2) is 0 Å². The highest BCUT2D eigenvalue weighted by Gasteiger charge is 1.91. The summed E-state index contributed by atoms with van der Waals surface area (Å²) in [5, 5.41) is 0. The molecule has 0 N–H and O–H groups in total. The molecule has 0 aliphatic carbocycles. The maximum absolute atomic E-state index is 5.28. The molecule has 0 rings (SSSR count). The summed E-state index contributed by atoms with van der Waals surface area (Å²) in [4.78, 5) is 0. The quantitative estimate of drug-likeness (QED) is 0.396. The van der Waals surface area contributed by atoms with Crippen LogP contribution in [-0.2, 0) is 4.74 Å². The van der Waals surface area contributed by atoms with Crippen molar-refractivity contribution < 1.29 is 4.74 Å². The second kappa shape index (κ2) is 10.8. The Bertz CT molecular complexity index is 138. The van der Waals surface area contributed by atoms with Gasteiger partial charge in [0.05, 0.1) is 0 Å². The summed E-state index contributed by atoms with van der Waals surface area (Å²) < 4.78 is 5.28. The summed E-state index contributed by atoms with van der Waals surface area (Å²) in [7, 11) is 0. The molecular formula is C13H26O. The van der Waals surface area contributed by atoms with E-state index >= 15 is 0 Å². The topological polar surface area (TPSA) is 9.23 Å². The van der Waals surface area contributed by atoms with Crippen LogP contribution in [0, 0.1) is 0 Å². The van der Waals surface area contributed by atoms with Crippen LogP contribution in [0.3, 0.4) is 0 Å². The molecule has 0 radical (unpaired) electrons. The smallest absolute Gasteiger partial charge is 0.0500 e. The second-order valence-electron chi connectivity index (χ2n) is 3.85. The van der Waals surface area contributed by atoms with Crippen molar-refractivity contribution in [3.8, 4) is 0 Å². The molecule has 1 heteroatoms. The van der Waals surface area contributed by atoms with E-state index in [1.807, 2.05) is 6.92 Å². The van der Waals surface area contributed by atoms with Crippen LogP contribution in [0.15, 0.2) is 11.6 Å². The van der Waals surface area contributed by atoms with Crippen LogP contribution < -0.4 is 0 Å². The highest BCUT2D eigenvalue weighted by atomic mass is 16.5. The van der Waals surface area contributed by atoms with Crippen molar-refractivity contribution in [1.29, 1.82) is 0 Å². The Morgan fingerprint density at radius 3 is 2.57 bits per heavy atom. The van der Waals surface area contributed by atoms with Gasteiger partial charge in [-0.3, -0.25) is 0 Å². The number of unbranched alkanes of at least 4 members (excludes halogenated alkanes) is 3. The lowest BCUT2D eigenvalue weighted by molar-refractivity contribution is 0.152. The van der Waals surface area contributed by atoms with Gasteiger partial charge >= 0.3 is 0 Å². The van der Waals surface area contributed by atoms with E-state index in [1.165, 1.54) is 37.7 Å². The third-order valence-corrected chi connectivity index (χ3v) is 2.38. The normalized spacial score (nSPS) is 12.1. The average Bonchev–Trinajstić information content (AvgIpc) is 2.19. The highest BCUT2D eigenvalue weighted by molar-refractivity contribution is 4.97. The van der Waals surface area contributed by atoms with Gasteiger partial charge in [0.1, 0.15) is 0 Å². The monoisotopic (exact) mass is 198 g/mol. The summed E-state index contributed by atoms with van der Waals surface area (Å²) in [6, 6.07) is 0. The first-order chi connectivity index (χ1) is 6.81. The lowest BCUT2D eigenvalue weighted by Gasteiger charge is -2.01. The Morgan fingerprint density at radius 2 is 1.93 bits per heavy atom. The molecule has 0 atom stereocenters. The molecule has 84 valence electrons. The van der Waals surface area contributed by atoms with Gasteiger partial charge in [-0.15, -0.1) is 0 Å². The van der Waals surface area contributed by atoms with Gasteiger partial charge in [-0.25, -0.2) is 0 Å². The molecule has 0 aromatic heterocycles. The zero-order chi connectivity index (χ0) is 10.6. The predicted molar refractivity (Wildman–Crippen MR) is 63.6 cm³/mol. The van der Waals surface area contributed by atoms with Gasteiger partial charge in [0.25, 0.3) is 0 Å². The minimum atomic E-state index is 0.837. The summed E-state index contributed by atoms with van der Waals surface area (Å²) in [5.74, 6) is 0. The number of ether oxygens (including phenoxy) is 1. The van der Waals surface area contributed by atoms with E-state index in [-0.39, 0.29) is 0 Å². The molecule has 0 aromatic carbocycles. The molecule has 0 bridgehead atoms. The first-order valence-corrected chi connectivity index (χ1v) is 6.04. The van der Waals surface area contributed by atoms with E-state index in [1.54, 1.807) is 0 Å². The van der Waals surface area contributed by atoms with Crippen molar-refractivity contribution in [3.05, 3.63) is 11.6 Å². The molecule has 0 fully saturated rings. The van der Waals surface area contributed by atoms with Crippen LogP contribution in [0.5, 0.6) is 0 Å². The fourth-order valence-electron chi connectivity index (χ4n) is 1.47. The van der Waals surface area contributed by atoms with Crippen molar-refractivity contribution in [2.75, 3.05) is 13.2 Å². The van der Waals surface area contributed by atoms with Gasteiger partial charge in [0.2, 0.25) is 0 Å². The number of hydrogen-bond donors (Lipinski definition) is 0. The molecule has 0 saturated heterocycles. The van der Waals surface area contributed by atoms with E-state index in [0.29, 0.717) is 0 Å². The maximum Gasteiger partial charge on any atom is 0.0500 e. The minimum Gasteiger partial charge on any atom is -0.381 e. The molecule has 14 heavy (non-hydrogen) atoms. The molecule has 0 amide bonds. The predicted octanol–water partition coefficient (Wildman–Crippen LogP) is 4.33. The molecule has 0 aromatic rings. The molecule has 0 spiro atoms. The van der Waals surface area contributed by atoms with Crippen molar-refractivity contribution in [3.63, 3.8) is 0 Å². The Morgan fingerprint density at radius 1 is 1.14 bits per heavy atom. The standard InChI is InChI=1S/C13H26O/c1-4-6-7-8-10-13(3)11-9-12-14-5-2/h11H,4-10,12H2,1-3H3/b13-11+. The van der Waals surface area contributed by atoms with Gasteiger partial charge in [0, 0.05) is 13.2 Å².